The van der Waals surface area contributed by atoms with Gasteiger partial charge in [-0.25, -0.2) is 4.79 Å². The summed E-state index contributed by atoms with van der Waals surface area (Å²) in [5.41, 5.74) is 0.983. The molecule has 0 aromatic carbocycles. The average molecular weight is 448 g/mol. The van der Waals surface area contributed by atoms with Gasteiger partial charge in [0, 0.05) is 37.1 Å². The molecule has 3 amide bonds. The Hall–Kier alpha value is -2.39. The Kier molecular flexibility index (Phi) is 6.34. The van der Waals surface area contributed by atoms with Crippen molar-refractivity contribution in [3.8, 4) is 0 Å². The molecule has 168 valence electrons. The first-order chi connectivity index (χ1) is 14.9. The monoisotopic (exact) mass is 447 g/mol. The molecule has 2 atom stereocenters. The Bertz CT molecular complexity index is 866. The van der Waals surface area contributed by atoms with Crippen LogP contribution in [0.1, 0.15) is 38.5 Å². The predicted molar refractivity (Wildman–Crippen MR) is 116 cm³/mol. The van der Waals surface area contributed by atoms with Crippen molar-refractivity contribution in [2.24, 2.45) is 0 Å². The minimum Gasteiger partial charge on any atom is -0.450 e. The number of thiophene rings is 1. The zero-order valence-corrected chi connectivity index (χ0v) is 19.0. The highest BCUT2D eigenvalue weighted by Crippen LogP contribution is 2.37. The lowest BCUT2D eigenvalue weighted by Gasteiger charge is -2.38. The Morgan fingerprint density at radius 3 is 2.42 bits per heavy atom. The first kappa shape index (κ1) is 21.8. The maximum Gasteiger partial charge on any atom is 0.409 e. The molecule has 9 heteroatoms. The maximum atomic E-state index is 13.6. The number of amides is 3. The fourth-order valence-electron chi connectivity index (χ4n) is 4.68. The molecule has 2 saturated heterocycles. The van der Waals surface area contributed by atoms with E-state index in [9.17, 15) is 14.4 Å². The van der Waals surface area contributed by atoms with Gasteiger partial charge < -0.3 is 19.3 Å². The number of morpholine rings is 1. The van der Waals surface area contributed by atoms with E-state index >= 15 is 0 Å². The molecule has 4 rings (SSSR count). The SMILES string of the molecule is CCOC(=O)N1CCC(N2C(=O)C(c3cccs3)=C(N3CC(C)OC(C)C3)C2=O)CC1. The number of ether oxygens (including phenoxy) is 2. The van der Waals surface area contributed by atoms with E-state index in [4.69, 9.17) is 9.47 Å². The van der Waals surface area contributed by atoms with E-state index in [2.05, 4.69) is 0 Å². The van der Waals surface area contributed by atoms with E-state index in [0.717, 1.165) is 4.88 Å². The van der Waals surface area contributed by atoms with Crippen LogP contribution >= 0.6 is 11.3 Å². The molecule has 0 spiro atoms. The van der Waals surface area contributed by atoms with Gasteiger partial charge >= 0.3 is 6.09 Å². The molecule has 4 heterocycles. The Morgan fingerprint density at radius 2 is 1.84 bits per heavy atom. The highest BCUT2D eigenvalue weighted by atomic mass is 32.1. The summed E-state index contributed by atoms with van der Waals surface area (Å²) in [5.74, 6) is -0.465. The average Bonchev–Trinajstić information content (AvgIpc) is 3.33. The summed E-state index contributed by atoms with van der Waals surface area (Å²) in [5, 5.41) is 1.92. The third kappa shape index (κ3) is 4.21. The van der Waals surface area contributed by atoms with Crippen LogP contribution in [0, 0.1) is 0 Å². The van der Waals surface area contributed by atoms with Gasteiger partial charge in [0.15, 0.2) is 0 Å². The van der Waals surface area contributed by atoms with Crippen molar-refractivity contribution in [1.82, 2.24) is 14.7 Å². The van der Waals surface area contributed by atoms with Crippen LogP contribution in [0.4, 0.5) is 4.79 Å². The quantitative estimate of drug-likeness (QED) is 0.660. The van der Waals surface area contributed by atoms with E-state index in [1.807, 2.05) is 36.3 Å². The van der Waals surface area contributed by atoms with Crippen LogP contribution in [0.3, 0.4) is 0 Å². The highest BCUT2D eigenvalue weighted by molar-refractivity contribution is 7.11. The number of carbonyl (C=O) groups is 3. The first-order valence-corrected chi connectivity index (χ1v) is 11.8. The number of hydrogen-bond donors (Lipinski definition) is 0. The van der Waals surface area contributed by atoms with Crippen molar-refractivity contribution in [3.05, 3.63) is 28.1 Å². The van der Waals surface area contributed by atoms with Crippen LogP contribution in [-0.4, -0.2) is 83.6 Å². The minimum atomic E-state index is -0.339. The number of imide groups is 1. The maximum absolute atomic E-state index is 13.6. The van der Waals surface area contributed by atoms with Gasteiger partial charge in [-0.3, -0.25) is 14.5 Å². The van der Waals surface area contributed by atoms with Crippen molar-refractivity contribution >= 4 is 34.8 Å². The number of rotatable bonds is 4. The van der Waals surface area contributed by atoms with E-state index in [0.29, 0.717) is 56.9 Å². The number of piperidine rings is 1. The van der Waals surface area contributed by atoms with Crippen LogP contribution in [0.15, 0.2) is 23.2 Å². The molecular weight excluding hydrogens is 418 g/mol. The molecule has 1 aromatic rings. The lowest BCUT2D eigenvalue weighted by atomic mass is 10.0. The first-order valence-electron chi connectivity index (χ1n) is 10.9. The zero-order chi connectivity index (χ0) is 22.1. The molecule has 1 aromatic heterocycles. The van der Waals surface area contributed by atoms with E-state index in [-0.39, 0.29) is 36.2 Å². The molecule has 0 saturated carbocycles. The molecule has 31 heavy (non-hydrogen) atoms. The summed E-state index contributed by atoms with van der Waals surface area (Å²) in [4.78, 5) is 45.1. The topological polar surface area (TPSA) is 79.4 Å². The van der Waals surface area contributed by atoms with Crippen LogP contribution in [0.25, 0.3) is 5.57 Å². The summed E-state index contributed by atoms with van der Waals surface area (Å²) in [7, 11) is 0. The van der Waals surface area contributed by atoms with Crippen molar-refractivity contribution in [2.45, 2.75) is 51.9 Å². The second-order valence-electron chi connectivity index (χ2n) is 8.26. The van der Waals surface area contributed by atoms with Gasteiger partial charge in [-0.05, 0) is 45.1 Å². The van der Waals surface area contributed by atoms with Gasteiger partial charge in [0.25, 0.3) is 11.8 Å². The van der Waals surface area contributed by atoms with Crippen LogP contribution in [0.2, 0.25) is 0 Å². The molecule has 3 aliphatic rings. The fourth-order valence-corrected chi connectivity index (χ4v) is 5.45. The van der Waals surface area contributed by atoms with E-state index in [1.165, 1.54) is 16.2 Å². The van der Waals surface area contributed by atoms with Crippen molar-refractivity contribution < 1.29 is 23.9 Å². The van der Waals surface area contributed by atoms with Crippen LogP contribution in [0.5, 0.6) is 0 Å². The smallest absolute Gasteiger partial charge is 0.409 e. The Balaban J connectivity index is 1.58. The molecule has 0 bridgehead atoms. The van der Waals surface area contributed by atoms with Crippen LogP contribution in [-0.2, 0) is 19.1 Å². The van der Waals surface area contributed by atoms with E-state index in [1.54, 1.807) is 11.8 Å². The Labute approximate surface area is 186 Å². The fraction of sp³-hybridized carbons (Fsp3) is 0.591. The molecule has 0 aliphatic carbocycles. The number of likely N-dealkylation sites (tertiary alicyclic amines) is 1. The zero-order valence-electron chi connectivity index (χ0n) is 18.2. The van der Waals surface area contributed by atoms with Gasteiger partial charge in [-0.1, -0.05) is 6.07 Å². The predicted octanol–water partition coefficient (Wildman–Crippen LogP) is 2.56. The standard InChI is InChI=1S/C22H29N3O5S/c1-4-29-22(28)23-9-7-16(8-10-23)25-20(26)18(17-6-5-11-31-17)19(21(25)27)24-12-14(2)30-15(3)13-24/h5-6,11,14-16H,4,7-10,12-13H2,1-3H3. The highest BCUT2D eigenvalue weighted by Gasteiger charge is 2.46. The number of hydrogen-bond acceptors (Lipinski definition) is 7. The molecule has 0 N–H and O–H groups in total. The third-order valence-corrected chi connectivity index (χ3v) is 6.84. The summed E-state index contributed by atoms with van der Waals surface area (Å²) >= 11 is 1.47. The molecular formula is C22H29N3O5S. The Morgan fingerprint density at radius 1 is 1.16 bits per heavy atom. The number of carbonyl (C=O) groups excluding carboxylic acids is 3. The molecule has 8 nitrogen and oxygen atoms in total. The molecule has 2 fully saturated rings. The lowest BCUT2D eigenvalue weighted by Crippen LogP contribution is -2.51. The second-order valence-corrected chi connectivity index (χ2v) is 9.21. The van der Waals surface area contributed by atoms with Gasteiger partial charge in [0.05, 0.1) is 24.4 Å². The molecule has 0 radical (unpaired) electrons. The van der Waals surface area contributed by atoms with Crippen LogP contribution < -0.4 is 0 Å². The third-order valence-electron chi connectivity index (χ3n) is 5.95. The summed E-state index contributed by atoms with van der Waals surface area (Å²) in [6, 6.07) is 3.56. The minimum absolute atomic E-state index is 0.0226. The second kappa shape index (κ2) is 9.00. The van der Waals surface area contributed by atoms with Gasteiger partial charge in [-0.15, -0.1) is 11.3 Å². The largest absolute Gasteiger partial charge is 0.450 e. The molecule has 2 unspecified atom stereocenters. The van der Waals surface area contributed by atoms with Crippen molar-refractivity contribution in [3.63, 3.8) is 0 Å². The van der Waals surface area contributed by atoms with Gasteiger partial charge in [-0.2, -0.15) is 0 Å². The van der Waals surface area contributed by atoms with Gasteiger partial charge in [0.1, 0.15) is 5.70 Å². The van der Waals surface area contributed by atoms with E-state index < -0.39 is 0 Å². The molecule has 3 aliphatic heterocycles. The normalized spacial score (nSPS) is 25.6. The lowest BCUT2D eigenvalue weighted by molar-refractivity contribution is -0.141. The van der Waals surface area contributed by atoms with Crippen molar-refractivity contribution in [2.75, 3.05) is 32.8 Å². The summed E-state index contributed by atoms with van der Waals surface area (Å²) in [6.07, 6.45) is 0.722. The van der Waals surface area contributed by atoms with Crippen molar-refractivity contribution in [1.29, 1.82) is 0 Å². The van der Waals surface area contributed by atoms with Gasteiger partial charge in [0.2, 0.25) is 0 Å². The summed E-state index contributed by atoms with van der Waals surface area (Å²) < 4.78 is 10.9. The summed E-state index contributed by atoms with van der Waals surface area (Å²) in [6.45, 7) is 8.15. The number of nitrogens with zero attached hydrogens (tertiary/aromatic N) is 3.